The van der Waals surface area contributed by atoms with Crippen LogP contribution < -0.4 is 11.1 Å². The summed E-state index contributed by atoms with van der Waals surface area (Å²) in [6.45, 7) is 3.94. The van der Waals surface area contributed by atoms with Crippen molar-refractivity contribution in [2.75, 3.05) is 11.1 Å². The summed E-state index contributed by atoms with van der Waals surface area (Å²) in [7, 11) is 1.72. The van der Waals surface area contributed by atoms with Crippen molar-refractivity contribution in [2.24, 2.45) is 7.05 Å². The van der Waals surface area contributed by atoms with E-state index in [-0.39, 0.29) is 5.91 Å². The van der Waals surface area contributed by atoms with Crippen LogP contribution in [0.4, 0.5) is 11.4 Å². The zero-order valence-electron chi connectivity index (χ0n) is 11.7. The van der Waals surface area contributed by atoms with Gasteiger partial charge in [0.15, 0.2) is 0 Å². The van der Waals surface area contributed by atoms with E-state index >= 15 is 0 Å². The minimum absolute atomic E-state index is 0.262. The molecule has 1 heterocycles. The second-order valence-electron chi connectivity index (χ2n) is 4.62. The molecular formula is C14H17BrN4O. The Balaban J connectivity index is 2.31. The molecule has 0 unspecified atom stereocenters. The van der Waals surface area contributed by atoms with Crippen molar-refractivity contribution in [3.8, 4) is 0 Å². The van der Waals surface area contributed by atoms with Crippen LogP contribution in [0, 0.1) is 6.92 Å². The second-order valence-corrected chi connectivity index (χ2v) is 5.48. The Kier molecular flexibility index (Phi) is 4.13. The number of hydrogen-bond acceptors (Lipinski definition) is 3. The third-order valence-electron chi connectivity index (χ3n) is 3.08. The Bertz CT molecular complexity index is 663. The van der Waals surface area contributed by atoms with E-state index in [0.717, 1.165) is 15.7 Å². The first-order chi connectivity index (χ1) is 9.43. The van der Waals surface area contributed by atoms with Gasteiger partial charge in [0.2, 0.25) is 0 Å². The molecule has 2 rings (SSSR count). The maximum Gasteiger partial charge on any atom is 0.276 e. The van der Waals surface area contributed by atoms with E-state index in [4.69, 9.17) is 5.73 Å². The largest absolute Gasteiger partial charge is 0.395 e. The molecule has 1 aromatic heterocycles. The molecule has 2 aromatic rings. The lowest BCUT2D eigenvalue weighted by Crippen LogP contribution is -2.18. The van der Waals surface area contributed by atoms with Gasteiger partial charge in [-0.15, -0.1) is 0 Å². The number of carbonyl (C=O) groups is 1. The van der Waals surface area contributed by atoms with Crippen molar-refractivity contribution < 1.29 is 4.79 Å². The summed E-state index contributed by atoms with van der Waals surface area (Å²) in [6, 6.07) is 5.73. The first-order valence-corrected chi connectivity index (χ1v) is 7.12. The molecule has 1 aromatic carbocycles. The number of hydrogen-bond donors (Lipinski definition) is 2. The predicted molar refractivity (Wildman–Crippen MR) is 83.8 cm³/mol. The van der Waals surface area contributed by atoms with E-state index in [9.17, 15) is 4.79 Å². The second kappa shape index (κ2) is 5.66. The van der Waals surface area contributed by atoms with Crippen molar-refractivity contribution in [3.05, 3.63) is 39.6 Å². The van der Waals surface area contributed by atoms with Crippen LogP contribution in [-0.4, -0.2) is 15.7 Å². The van der Waals surface area contributed by atoms with Crippen molar-refractivity contribution in [1.82, 2.24) is 9.78 Å². The SMILES string of the molecule is CCc1nn(C)c(C(=O)Nc2ccc(C)cc2Br)c1N. The van der Waals surface area contributed by atoms with Crippen LogP contribution in [-0.2, 0) is 13.5 Å². The van der Waals surface area contributed by atoms with Gasteiger partial charge in [0.25, 0.3) is 5.91 Å². The average Bonchev–Trinajstić information content (AvgIpc) is 2.67. The molecule has 0 aliphatic heterocycles. The highest BCUT2D eigenvalue weighted by Crippen LogP contribution is 2.25. The van der Waals surface area contributed by atoms with Crippen LogP contribution in [0.2, 0.25) is 0 Å². The number of aryl methyl sites for hydroxylation is 3. The fourth-order valence-electron chi connectivity index (χ4n) is 2.03. The van der Waals surface area contributed by atoms with Crippen molar-refractivity contribution in [1.29, 1.82) is 0 Å². The highest BCUT2D eigenvalue weighted by molar-refractivity contribution is 9.10. The summed E-state index contributed by atoms with van der Waals surface area (Å²) in [4.78, 5) is 12.3. The monoisotopic (exact) mass is 336 g/mol. The van der Waals surface area contributed by atoms with Gasteiger partial charge in [0, 0.05) is 11.5 Å². The lowest BCUT2D eigenvalue weighted by Gasteiger charge is -2.09. The number of anilines is 2. The lowest BCUT2D eigenvalue weighted by atomic mass is 10.2. The lowest BCUT2D eigenvalue weighted by molar-refractivity contribution is 0.101. The van der Waals surface area contributed by atoms with Crippen LogP contribution in [0.1, 0.15) is 28.7 Å². The molecule has 1 amide bonds. The molecule has 0 saturated heterocycles. The van der Waals surface area contributed by atoms with Gasteiger partial charge in [-0.05, 0) is 47.0 Å². The number of nitrogens with one attached hydrogen (secondary N) is 1. The molecule has 106 valence electrons. The molecular weight excluding hydrogens is 320 g/mol. The van der Waals surface area contributed by atoms with Crippen LogP contribution in [0.15, 0.2) is 22.7 Å². The molecule has 0 aliphatic rings. The number of aromatic nitrogens is 2. The fraction of sp³-hybridized carbons (Fsp3) is 0.286. The number of benzene rings is 1. The van der Waals surface area contributed by atoms with Crippen LogP contribution in [0.3, 0.4) is 0 Å². The molecule has 5 nitrogen and oxygen atoms in total. The topological polar surface area (TPSA) is 72.9 Å². The smallest absolute Gasteiger partial charge is 0.276 e. The molecule has 20 heavy (non-hydrogen) atoms. The third-order valence-corrected chi connectivity index (χ3v) is 3.74. The molecule has 0 saturated carbocycles. The standard InChI is InChI=1S/C14H17BrN4O/c1-4-10-12(16)13(19(3)18-10)14(20)17-11-6-5-8(2)7-9(11)15/h5-7H,4,16H2,1-3H3,(H,17,20). The van der Waals surface area contributed by atoms with Gasteiger partial charge in [-0.2, -0.15) is 5.10 Å². The summed E-state index contributed by atoms with van der Waals surface area (Å²) in [6.07, 6.45) is 0.696. The van der Waals surface area contributed by atoms with E-state index < -0.39 is 0 Å². The molecule has 6 heteroatoms. The minimum atomic E-state index is -0.262. The van der Waals surface area contributed by atoms with Gasteiger partial charge in [-0.1, -0.05) is 13.0 Å². The Morgan fingerprint density at radius 1 is 1.50 bits per heavy atom. The van der Waals surface area contributed by atoms with E-state index in [0.29, 0.717) is 23.5 Å². The van der Waals surface area contributed by atoms with E-state index in [1.165, 1.54) is 4.68 Å². The normalized spacial score (nSPS) is 10.6. The summed E-state index contributed by atoms with van der Waals surface area (Å²) in [5.74, 6) is -0.262. The molecule has 0 bridgehead atoms. The van der Waals surface area contributed by atoms with Gasteiger partial charge >= 0.3 is 0 Å². The number of nitrogens with zero attached hydrogens (tertiary/aromatic N) is 2. The van der Waals surface area contributed by atoms with Crippen molar-refractivity contribution >= 4 is 33.2 Å². The maximum atomic E-state index is 12.3. The van der Waals surface area contributed by atoms with E-state index in [2.05, 4.69) is 26.3 Å². The molecule has 0 aliphatic carbocycles. The summed E-state index contributed by atoms with van der Waals surface area (Å²) in [5.41, 5.74) is 9.36. The van der Waals surface area contributed by atoms with Gasteiger partial charge in [0.05, 0.1) is 17.1 Å². The Hall–Kier alpha value is -1.82. The van der Waals surface area contributed by atoms with Crippen LogP contribution >= 0.6 is 15.9 Å². The van der Waals surface area contributed by atoms with Gasteiger partial charge in [-0.3, -0.25) is 9.48 Å². The number of nitrogens with two attached hydrogens (primary N) is 1. The zero-order chi connectivity index (χ0) is 14.9. The number of halogens is 1. The van der Waals surface area contributed by atoms with E-state index in [1.807, 2.05) is 32.0 Å². The molecule has 0 fully saturated rings. The predicted octanol–water partition coefficient (Wildman–Crippen LogP) is 2.89. The Labute approximate surface area is 126 Å². The van der Waals surface area contributed by atoms with Crippen LogP contribution in [0.5, 0.6) is 0 Å². The maximum absolute atomic E-state index is 12.3. The summed E-state index contributed by atoms with van der Waals surface area (Å²) < 4.78 is 2.35. The summed E-state index contributed by atoms with van der Waals surface area (Å²) in [5, 5.41) is 7.09. The van der Waals surface area contributed by atoms with Gasteiger partial charge in [-0.25, -0.2) is 0 Å². The minimum Gasteiger partial charge on any atom is -0.395 e. The van der Waals surface area contributed by atoms with Gasteiger partial charge in [0.1, 0.15) is 5.69 Å². The molecule has 0 radical (unpaired) electrons. The number of carbonyl (C=O) groups excluding carboxylic acids is 1. The van der Waals surface area contributed by atoms with Crippen molar-refractivity contribution in [3.63, 3.8) is 0 Å². The quantitative estimate of drug-likeness (QED) is 0.905. The zero-order valence-corrected chi connectivity index (χ0v) is 13.3. The van der Waals surface area contributed by atoms with E-state index in [1.54, 1.807) is 7.05 Å². The first-order valence-electron chi connectivity index (χ1n) is 6.32. The summed E-state index contributed by atoms with van der Waals surface area (Å²) >= 11 is 3.44. The number of amides is 1. The van der Waals surface area contributed by atoms with Crippen molar-refractivity contribution in [2.45, 2.75) is 20.3 Å². The Morgan fingerprint density at radius 2 is 2.20 bits per heavy atom. The fourth-order valence-corrected chi connectivity index (χ4v) is 2.62. The average molecular weight is 337 g/mol. The first kappa shape index (κ1) is 14.6. The highest BCUT2D eigenvalue weighted by Gasteiger charge is 2.19. The number of rotatable bonds is 3. The highest BCUT2D eigenvalue weighted by atomic mass is 79.9. The Morgan fingerprint density at radius 3 is 2.75 bits per heavy atom. The number of nitrogen functional groups attached to an aromatic ring is 1. The molecule has 0 atom stereocenters. The van der Waals surface area contributed by atoms with Gasteiger partial charge < -0.3 is 11.1 Å². The molecule has 3 N–H and O–H groups in total. The molecule has 0 spiro atoms. The third kappa shape index (κ3) is 2.70. The van der Waals surface area contributed by atoms with Crippen LogP contribution in [0.25, 0.3) is 0 Å².